The van der Waals surface area contributed by atoms with E-state index in [1.807, 2.05) is 6.07 Å². The Hall–Kier alpha value is -3.53. The fourth-order valence-electron chi connectivity index (χ4n) is 2.59. The summed E-state index contributed by atoms with van der Waals surface area (Å²) < 4.78 is 12.4. The minimum absolute atomic E-state index is 0.0724. The average molecular weight is 401 g/mol. The van der Waals surface area contributed by atoms with E-state index in [1.165, 1.54) is 48.3 Å². The number of non-ortho nitro benzene ring substituents is 1. The van der Waals surface area contributed by atoms with Crippen LogP contribution in [0.1, 0.15) is 10.4 Å². The molecule has 0 radical (unpaired) electrons. The molecule has 0 bridgehead atoms. The molecule has 28 heavy (non-hydrogen) atoms. The SMILES string of the molecule is COC(=O)Cn1c(=NC(=O)c2cccc([N+](=O)[O-])c2)sc2cccc(OC)c21. The van der Waals surface area contributed by atoms with Gasteiger partial charge in [-0.3, -0.25) is 19.7 Å². The summed E-state index contributed by atoms with van der Waals surface area (Å²) in [6, 6.07) is 10.6. The molecule has 3 aromatic rings. The number of methoxy groups -OCH3 is 2. The van der Waals surface area contributed by atoms with E-state index in [2.05, 4.69) is 4.99 Å². The normalized spacial score (nSPS) is 11.4. The van der Waals surface area contributed by atoms with E-state index in [9.17, 15) is 19.7 Å². The van der Waals surface area contributed by atoms with E-state index >= 15 is 0 Å². The van der Waals surface area contributed by atoms with Crippen LogP contribution in [-0.4, -0.2) is 35.6 Å². The molecule has 2 aromatic carbocycles. The number of benzene rings is 2. The van der Waals surface area contributed by atoms with Gasteiger partial charge in [0.1, 0.15) is 17.8 Å². The lowest BCUT2D eigenvalue weighted by Gasteiger charge is -2.07. The van der Waals surface area contributed by atoms with E-state index in [0.717, 1.165) is 10.8 Å². The molecule has 9 nitrogen and oxygen atoms in total. The minimum Gasteiger partial charge on any atom is -0.495 e. The Kier molecular flexibility index (Phi) is 5.50. The Balaban J connectivity index is 2.17. The lowest BCUT2D eigenvalue weighted by atomic mass is 10.2. The van der Waals surface area contributed by atoms with Crippen molar-refractivity contribution in [3.63, 3.8) is 0 Å². The van der Waals surface area contributed by atoms with Crippen LogP contribution >= 0.6 is 11.3 Å². The van der Waals surface area contributed by atoms with Crippen LogP contribution in [0, 0.1) is 10.1 Å². The minimum atomic E-state index is -0.659. The summed E-state index contributed by atoms with van der Waals surface area (Å²) in [4.78, 5) is 39.1. The first-order valence-electron chi connectivity index (χ1n) is 8.01. The number of nitro benzene ring substituents is 1. The summed E-state index contributed by atoms with van der Waals surface area (Å²) in [6.07, 6.45) is 0. The van der Waals surface area contributed by atoms with E-state index in [1.54, 1.807) is 12.1 Å². The number of aromatic nitrogens is 1. The highest BCUT2D eigenvalue weighted by molar-refractivity contribution is 7.16. The number of esters is 1. The molecule has 0 atom stereocenters. The predicted molar refractivity (Wildman–Crippen MR) is 101 cm³/mol. The zero-order valence-electron chi connectivity index (χ0n) is 14.9. The number of hydrogen-bond donors (Lipinski definition) is 0. The number of carbonyl (C=O) groups is 2. The van der Waals surface area contributed by atoms with Crippen LogP contribution in [-0.2, 0) is 16.1 Å². The first-order chi connectivity index (χ1) is 13.4. The smallest absolute Gasteiger partial charge is 0.325 e. The second kappa shape index (κ2) is 8.01. The number of nitro groups is 1. The number of fused-ring (bicyclic) bond motifs is 1. The first kappa shape index (κ1) is 19.2. The Morgan fingerprint density at radius 2 is 1.96 bits per heavy atom. The van der Waals surface area contributed by atoms with Crippen molar-refractivity contribution < 1.29 is 24.0 Å². The van der Waals surface area contributed by atoms with Gasteiger partial charge in [0.15, 0.2) is 4.80 Å². The van der Waals surface area contributed by atoms with Crippen molar-refractivity contribution in [3.8, 4) is 5.75 Å². The third kappa shape index (κ3) is 3.76. The number of rotatable bonds is 5. The Labute approximate surface area is 162 Å². The lowest BCUT2D eigenvalue weighted by Crippen LogP contribution is -2.22. The maximum Gasteiger partial charge on any atom is 0.325 e. The molecule has 0 saturated heterocycles. The lowest BCUT2D eigenvalue weighted by molar-refractivity contribution is -0.384. The topological polar surface area (TPSA) is 113 Å². The van der Waals surface area contributed by atoms with Gasteiger partial charge in [-0.1, -0.05) is 23.5 Å². The van der Waals surface area contributed by atoms with Crippen molar-refractivity contribution in [2.75, 3.05) is 14.2 Å². The van der Waals surface area contributed by atoms with Gasteiger partial charge in [-0.15, -0.1) is 0 Å². The summed E-state index contributed by atoms with van der Waals surface area (Å²) in [5.74, 6) is -0.662. The van der Waals surface area contributed by atoms with Crippen LogP contribution in [0.3, 0.4) is 0 Å². The number of carbonyl (C=O) groups excluding carboxylic acids is 2. The number of thiazole rings is 1. The molecule has 0 spiro atoms. The van der Waals surface area contributed by atoms with Gasteiger partial charge in [-0.25, -0.2) is 0 Å². The summed E-state index contributed by atoms with van der Waals surface area (Å²) in [6.45, 7) is -0.169. The second-order valence-corrected chi connectivity index (χ2v) is 6.59. The molecular weight excluding hydrogens is 386 g/mol. The highest BCUT2D eigenvalue weighted by Crippen LogP contribution is 2.27. The van der Waals surface area contributed by atoms with E-state index in [4.69, 9.17) is 9.47 Å². The molecule has 3 rings (SSSR count). The van der Waals surface area contributed by atoms with Gasteiger partial charge in [0.25, 0.3) is 11.6 Å². The van der Waals surface area contributed by atoms with Gasteiger partial charge in [0.2, 0.25) is 0 Å². The third-order valence-corrected chi connectivity index (χ3v) is 4.94. The van der Waals surface area contributed by atoms with E-state index in [-0.39, 0.29) is 22.6 Å². The monoisotopic (exact) mass is 401 g/mol. The van der Waals surface area contributed by atoms with Gasteiger partial charge in [-0.05, 0) is 18.2 Å². The summed E-state index contributed by atoms with van der Waals surface area (Å²) in [7, 11) is 2.76. The molecule has 0 unspecified atom stereocenters. The molecule has 10 heteroatoms. The molecule has 0 saturated carbocycles. The summed E-state index contributed by atoms with van der Waals surface area (Å²) in [5.41, 5.74) is 0.468. The van der Waals surface area contributed by atoms with Crippen LogP contribution in [0.25, 0.3) is 10.2 Å². The predicted octanol–water partition coefficient (Wildman–Crippen LogP) is 2.53. The van der Waals surface area contributed by atoms with Gasteiger partial charge in [0.05, 0.1) is 23.8 Å². The highest BCUT2D eigenvalue weighted by atomic mass is 32.1. The number of amides is 1. The summed E-state index contributed by atoms with van der Waals surface area (Å²) >= 11 is 1.19. The molecule has 1 heterocycles. The second-order valence-electron chi connectivity index (χ2n) is 5.58. The summed E-state index contributed by atoms with van der Waals surface area (Å²) in [5, 5.41) is 10.9. The quantitative estimate of drug-likeness (QED) is 0.369. The van der Waals surface area contributed by atoms with Crippen molar-refractivity contribution in [2.45, 2.75) is 6.54 Å². The molecule has 1 amide bonds. The number of nitrogens with zero attached hydrogens (tertiary/aromatic N) is 3. The van der Waals surface area contributed by atoms with Crippen LogP contribution in [0.5, 0.6) is 5.75 Å². The Morgan fingerprint density at radius 3 is 2.64 bits per heavy atom. The van der Waals surface area contributed by atoms with Crippen LogP contribution in [0.15, 0.2) is 47.5 Å². The standard InChI is InChI=1S/C18H15N3O6S/c1-26-13-7-4-8-14-16(13)20(10-15(22)27-2)18(28-14)19-17(23)11-5-3-6-12(9-11)21(24)25/h3-9H,10H2,1-2H3. The zero-order chi connectivity index (χ0) is 20.3. The molecule has 144 valence electrons. The maximum absolute atomic E-state index is 12.6. The van der Waals surface area contributed by atoms with E-state index in [0.29, 0.717) is 11.3 Å². The van der Waals surface area contributed by atoms with Crippen molar-refractivity contribution in [2.24, 2.45) is 4.99 Å². The number of hydrogen-bond acceptors (Lipinski definition) is 7. The number of para-hydroxylation sites is 1. The molecule has 0 aliphatic rings. The Bertz CT molecular complexity index is 1150. The van der Waals surface area contributed by atoms with Gasteiger partial charge < -0.3 is 14.0 Å². The van der Waals surface area contributed by atoms with Gasteiger partial charge >= 0.3 is 5.97 Å². The third-order valence-electron chi connectivity index (χ3n) is 3.90. The van der Waals surface area contributed by atoms with Crippen LogP contribution in [0.2, 0.25) is 0 Å². The fourth-order valence-corrected chi connectivity index (χ4v) is 3.64. The van der Waals surface area contributed by atoms with Crippen LogP contribution < -0.4 is 9.54 Å². The van der Waals surface area contributed by atoms with Crippen LogP contribution in [0.4, 0.5) is 5.69 Å². The van der Waals surface area contributed by atoms with Crippen molar-refractivity contribution >= 4 is 39.1 Å². The number of ether oxygens (including phenoxy) is 2. The maximum atomic E-state index is 12.6. The molecule has 0 fully saturated rings. The van der Waals surface area contributed by atoms with Crippen molar-refractivity contribution in [3.05, 3.63) is 62.9 Å². The molecule has 0 aliphatic heterocycles. The fraction of sp³-hybridized carbons (Fsp3) is 0.167. The average Bonchev–Trinajstić information content (AvgIpc) is 3.04. The Morgan fingerprint density at radius 1 is 1.21 bits per heavy atom. The molecular formula is C18H15N3O6S. The zero-order valence-corrected chi connectivity index (χ0v) is 15.8. The molecule has 0 aliphatic carbocycles. The first-order valence-corrected chi connectivity index (χ1v) is 8.83. The van der Waals surface area contributed by atoms with Gasteiger partial charge in [-0.2, -0.15) is 4.99 Å². The van der Waals surface area contributed by atoms with Crippen molar-refractivity contribution in [1.82, 2.24) is 4.57 Å². The highest BCUT2D eigenvalue weighted by Gasteiger charge is 2.16. The van der Waals surface area contributed by atoms with E-state index < -0.39 is 16.8 Å². The van der Waals surface area contributed by atoms with Gasteiger partial charge in [0, 0.05) is 17.7 Å². The van der Waals surface area contributed by atoms with Crippen molar-refractivity contribution in [1.29, 1.82) is 0 Å². The largest absolute Gasteiger partial charge is 0.495 e. The molecule has 1 aromatic heterocycles. The molecule has 0 N–H and O–H groups in total.